The second-order valence-electron chi connectivity index (χ2n) is 6.12. The van der Waals surface area contributed by atoms with E-state index in [4.69, 9.17) is 5.11 Å². The zero-order chi connectivity index (χ0) is 18.6. The maximum Gasteiger partial charge on any atom is 0.320 e. The Hall–Kier alpha value is -1.97. The number of carbonyl (C=O) groups excluding carboxylic acids is 1. The molecule has 3 N–H and O–H groups in total. The molecule has 0 saturated carbocycles. The van der Waals surface area contributed by atoms with E-state index < -0.39 is 22.0 Å². The van der Waals surface area contributed by atoms with Crippen LogP contribution in [-0.2, 0) is 14.8 Å². The van der Waals surface area contributed by atoms with Crippen LogP contribution in [0.1, 0.15) is 30.1 Å². The Morgan fingerprint density at radius 1 is 1.28 bits per heavy atom. The van der Waals surface area contributed by atoms with Crippen LogP contribution in [0.25, 0.3) is 0 Å². The van der Waals surface area contributed by atoms with E-state index in [0.717, 1.165) is 0 Å². The average Bonchev–Trinajstić information content (AvgIpc) is 2.93. The fraction of sp³-hybridized carbons (Fsp3) is 0.500. The van der Waals surface area contributed by atoms with Gasteiger partial charge >= 0.3 is 5.97 Å². The van der Waals surface area contributed by atoms with E-state index in [1.165, 1.54) is 24.3 Å². The van der Waals surface area contributed by atoms with Crippen LogP contribution in [0.5, 0.6) is 0 Å². The minimum Gasteiger partial charge on any atom is -0.480 e. The van der Waals surface area contributed by atoms with Crippen molar-refractivity contribution in [1.82, 2.24) is 14.9 Å². The summed E-state index contributed by atoms with van der Waals surface area (Å²) in [5, 5.41) is 11.9. The standard InChI is InChI=1S/C16H23N3O5S/c1-3-8-17-25(23,24)13-6-4-11(5-7-13)15(20)18-12-9-14(16(21)22)19(2)10-12/h4-7,12,14,17H,3,8-10H2,1-2H3,(H,18,20)(H,21,22)/t12-,14-/m0/s1. The Morgan fingerprint density at radius 2 is 1.92 bits per heavy atom. The van der Waals surface area contributed by atoms with Gasteiger partial charge in [0.1, 0.15) is 6.04 Å². The number of benzene rings is 1. The van der Waals surface area contributed by atoms with Gasteiger partial charge in [-0.15, -0.1) is 0 Å². The molecule has 1 saturated heterocycles. The molecule has 9 heteroatoms. The second kappa shape index (κ2) is 7.94. The van der Waals surface area contributed by atoms with Crippen LogP contribution in [0, 0.1) is 0 Å². The molecule has 0 bridgehead atoms. The van der Waals surface area contributed by atoms with Gasteiger partial charge in [-0.05, 0) is 44.2 Å². The monoisotopic (exact) mass is 369 g/mol. The lowest BCUT2D eigenvalue weighted by molar-refractivity contribution is -0.141. The smallest absolute Gasteiger partial charge is 0.320 e. The molecule has 8 nitrogen and oxygen atoms in total. The molecule has 1 fully saturated rings. The van der Waals surface area contributed by atoms with E-state index in [-0.39, 0.29) is 16.8 Å². The SMILES string of the molecule is CCCNS(=O)(=O)c1ccc(C(=O)N[C@H]2C[C@@H](C(=O)O)N(C)C2)cc1. The summed E-state index contributed by atoms with van der Waals surface area (Å²) in [5.74, 6) is -1.26. The zero-order valence-corrected chi connectivity index (χ0v) is 15.0. The van der Waals surface area contributed by atoms with Crippen LogP contribution in [-0.4, -0.2) is 62.5 Å². The van der Waals surface area contributed by atoms with Gasteiger partial charge in [0, 0.05) is 24.7 Å². The number of hydrogen-bond donors (Lipinski definition) is 3. The highest BCUT2D eigenvalue weighted by Crippen LogP contribution is 2.17. The third-order valence-electron chi connectivity index (χ3n) is 4.14. The molecule has 1 aliphatic rings. The number of nitrogens with one attached hydrogen (secondary N) is 2. The molecule has 25 heavy (non-hydrogen) atoms. The van der Waals surface area contributed by atoms with Crippen molar-refractivity contribution in [3.8, 4) is 0 Å². The van der Waals surface area contributed by atoms with Crippen molar-refractivity contribution in [2.24, 2.45) is 0 Å². The number of amides is 1. The summed E-state index contributed by atoms with van der Waals surface area (Å²) < 4.78 is 26.5. The normalized spacial score (nSPS) is 21.2. The largest absolute Gasteiger partial charge is 0.480 e. The summed E-state index contributed by atoms with van der Waals surface area (Å²) in [6.45, 7) is 2.67. The third-order valence-corrected chi connectivity index (χ3v) is 5.61. The highest BCUT2D eigenvalue weighted by molar-refractivity contribution is 7.89. The van der Waals surface area contributed by atoms with E-state index in [9.17, 15) is 18.0 Å². The van der Waals surface area contributed by atoms with E-state index in [0.29, 0.717) is 31.5 Å². The van der Waals surface area contributed by atoms with Crippen molar-refractivity contribution in [3.63, 3.8) is 0 Å². The van der Waals surface area contributed by atoms with E-state index >= 15 is 0 Å². The Kier molecular flexibility index (Phi) is 6.15. The van der Waals surface area contributed by atoms with Crippen molar-refractivity contribution in [2.75, 3.05) is 20.1 Å². The molecule has 0 aromatic heterocycles. The van der Waals surface area contributed by atoms with Gasteiger partial charge in [-0.2, -0.15) is 0 Å². The number of carbonyl (C=O) groups is 2. The molecule has 1 aliphatic heterocycles. The molecule has 1 amide bonds. The number of carboxylic acids is 1. The molecule has 2 rings (SSSR count). The number of likely N-dealkylation sites (N-methyl/N-ethyl adjacent to an activating group) is 1. The highest BCUT2D eigenvalue weighted by atomic mass is 32.2. The molecule has 1 heterocycles. The third kappa shape index (κ3) is 4.77. The first-order valence-corrected chi connectivity index (χ1v) is 9.56. The predicted octanol–water partition coefficient (Wildman–Crippen LogP) is 0.262. The Bertz CT molecular complexity index is 733. The molecule has 0 aliphatic carbocycles. The summed E-state index contributed by atoms with van der Waals surface area (Å²) in [6.07, 6.45) is 1.03. The summed E-state index contributed by atoms with van der Waals surface area (Å²) in [4.78, 5) is 25.2. The molecule has 138 valence electrons. The van der Waals surface area contributed by atoms with Gasteiger partial charge in [0.15, 0.2) is 0 Å². The first-order chi connectivity index (χ1) is 11.7. The molecule has 1 aromatic carbocycles. The predicted molar refractivity (Wildman–Crippen MR) is 91.8 cm³/mol. The molecule has 0 unspecified atom stereocenters. The van der Waals surface area contributed by atoms with Gasteiger partial charge in [-0.25, -0.2) is 13.1 Å². The number of rotatable bonds is 7. The molecule has 2 atom stereocenters. The van der Waals surface area contributed by atoms with Crippen LogP contribution < -0.4 is 10.0 Å². The van der Waals surface area contributed by atoms with Crippen molar-refractivity contribution in [2.45, 2.75) is 36.7 Å². The maximum atomic E-state index is 12.3. The number of aliphatic carboxylic acids is 1. The molecular weight excluding hydrogens is 346 g/mol. The van der Waals surface area contributed by atoms with Crippen LogP contribution in [0.15, 0.2) is 29.2 Å². The topological polar surface area (TPSA) is 116 Å². The van der Waals surface area contributed by atoms with E-state index in [1.807, 2.05) is 6.92 Å². The van der Waals surface area contributed by atoms with Gasteiger partial charge < -0.3 is 10.4 Å². The molecule has 0 radical (unpaired) electrons. The average molecular weight is 369 g/mol. The van der Waals surface area contributed by atoms with Crippen LogP contribution in [0.4, 0.5) is 0 Å². The fourth-order valence-electron chi connectivity index (χ4n) is 2.77. The lowest BCUT2D eigenvalue weighted by Crippen LogP contribution is -2.36. The van der Waals surface area contributed by atoms with Gasteiger partial charge in [0.25, 0.3) is 5.91 Å². The molecular formula is C16H23N3O5S. The van der Waals surface area contributed by atoms with Crippen molar-refractivity contribution in [3.05, 3.63) is 29.8 Å². The summed E-state index contributed by atoms with van der Waals surface area (Å²) in [7, 11) is -1.86. The number of sulfonamides is 1. The Morgan fingerprint density at radius 3 is 2.44 bits per heavy atom. The van der Waals surface area contributed by atoms with E-state index in [1.54, 1.807) is 11.9 Å². The van der Waals surface area contributed by atoms with Crippen LogP contribution in [0.3, 0.4) is 0 Å². The number of hydrogen-bond acceptors (Lipinski definition) is 5. The zero-order valence-electron chi connectivity index (χ0n) is 14.2. The fourth-order valence-corrected chi connectivity index (χ4v) is 3.90. The number of nitrogens with zero attached hydrogens (tertiary/aromatic N) is 1. The van der Waals surface area contributed by atoms with Gasteiger partial charge in [-0.1, -0.05) is 6.92 Å². The van der Waals surface area contributed by atoms with Gasteiger partial charge in [-0.3, -0.25) is 14.5 Å². The number of likely N-dealkylation sites (tertiary alicyclic amines) is 1. The number of carboxylic acid groups (broad SMARTS) is 1. The summed E-state index contributed by atoms with van der Waals surface area (Å²) in [5.41, 5.74) is 0.330. The lowest BCUT2D eigenvalue weighted by Gasteiger charge is -2.13. The van der Waals surface area contributed by atoms with E-state index in [2.05, 4.69) is 10.0 Å². The molecule has 0 spiro atoms. The Labute approximate surface area is 147 Å². The molecule has 1 aromatic rings. The van der Waals surface area contributed by atoms with Gasteiger partial charge in [0.05, 0.1) is 4.90 Å². The minimum atomic E-state index is -3.57. The van der Waals surface area contributed by atoms with Crippen molar-refractivity contribution >= 4 is 21.9 Å². The lowest BCUT2D eigenvalue weighted by atomic mass is 10.1. The maximum absolute atomic E-state index is 12.3. The summed E-state index contributed by atoms with van der Waals surface area (Å²) in [6, 6.07) is 4.80. The minimum absolute atomic E-state index is 0.101. The quantitative estimate of drug-likeness (QED) is 0.635. The van der Waals surface area contributed by atoms with Crippen molar-refractivity contribution in [1.29, 1.82) is 0 Å². The Balaban J connectivity index is 2.00. The van der Waals surface area contributed by atoms with Crippen LogP contribution >= 0.6 is 0 Å². The highest BCUT2D eigenvalue weighted by Gasteiger charge is 2.35. The second-order valence-corrected chi connectivity index (χ2v) is 7.89. The first kappa shape index (κ1) is 19.4. The summed E-state index contributed by atoms with van der Waals surface area (Å²) >= 11 is 0. The van der Waals surface area contributed by atoms with Crippen molar-refractivity contribution < 1.29 is 23.1 Å². The first-order valence-electron chi connectivity index (χ1n) is 8.08. The van der Waals surface area contributed by atoms with Crippen LogP contribution in [0.2, 0.25) is 0 Å². The van der Waals surface area contributed by atoms with Gasteiger partial charge in [0.2, 0.25) is 10.0 Å².